The van der Waals surface area contributed by atoms with E-state index in [1.165, 1.54) is 24.5 Å². The van der Waals surface area contributed by atoms with Gasteiger partial charge in [0.05, 0.1) is 42.8 Å². The Bertz CT molecular complexity index is 1120. The van der Waals surface area contributed by atoms with Gasteiger partial charge in [0.15, 0.2) is 0 Å². The number of carbonyl (C=O) groups excluding carboxylic acids is 1. The van der Waals surface area contributed by atoms with Gasteiger partial charge >= 0.3 is 6.03 Å². The van der Waals surface area contributed by atoms with Gasteiger partial charge < -0.3 is 25.1 Å². The maximum Gasteiger partial charge on any atom is 0.319 e. The zero-order valence-corrected chi connectivity index (χ0v) is 18.6. The fraction of sp³-hybridized carbons (Fsp3) is 0.435. The van der Waals surface area contributed by atoms with Gasteiger partial charge in [0.25, 0.3) is 0 Å². The largest absolute Gasteiger partial charge is 0.459 e. The molecule has 1 atom stereocenters. The Morgan fingerprint density at radius 2 is 2.00 bits per heavy atom. The van der Waals surface area contributed by atoms with Gasteiger partial charge in [0, 0.05) is 10.9 Å². The number of urea groups is 1. The molecule has 3 heterocycles. The third-order valence-corrected chi connectivity index (χ3v) is 5.98. The summed E-state index contributed by atoms with van der Waals surface area (Å²) >= 11 is 0. The number of aliphatic hydroxyl groups is 1. The van der Waals surface area contributed by atoms with E-state index in [-0.39, 0.29) is 11.7 Å². The highest BCUT2D eigenvalue weighted by molar-refractivity contribution is 5.89. The van der Waals surface area contributed by atoms with Gasteiger partial charge in [-0.25, -0.2) is 19.2 Å². The number of amides is 2. The maximum atomic E-state index is 13.7. The van der Waals surface area contributed by atoms with Crippen molar-refractivity contribution in [2.75, 3.05) is 23.3 Å². The van der Waals surface area contributed by atoms with Crippen molar-refractivity contribution in [3.05, 3.63) is 47.7 Å². The molecule has 170 valence electrons. The van der Waals surface area contributed by atoms with E-state index in [2.05, 4.69) is 20.6 Å². The number of furan rings is 1. The average Bonchev–Trinajstić information content (AvgIpc) is 3.06. The predicted molar refractivity (Wildman–Crippen MR) is 120 cm³/mol. The number of nitrogens with one attached hydrogen (secondary N) is 2. The van der Waals surface area contributed by atoms with E-state index < -0.39 is 17.7 Å². The molecule has 0 saturated carbocycles. The molecule has 8 nitrogen and oxygen atoms in total. The molecule has 3 N–H and O–H groups in total. The lowest BCUT2D eigenvalue weighted by molar-refractivity contribution is 0.00756. The van der Waals surface area contributed by atoms with Crippen LogP contribution < -0.4 is 15.5 Å². The first kappa shape index (κ1) is 22.0. The summed E-state index contributed by atoms with van der Waals surface area (Å²) in [4.78, 5) is 23.1. The molecule has 1 aliphatic heterocycles. The number of aromatic nitrogens is 2. The Hall–Kier alpha value is -3.20. The van der Waals surface area contributed by atoms with Crippen molar-refractivity contribution in [2.24, 2.45) is 5.92 Å². The average molecular weight is 442 g/mol. The number of β-amino-alcohol motifs (C(OH)–C–C–N with tert-alkyl or cyclic N) is 1. The van der Waals surface area contributed by atoms with Crippen LogP contribution in [0.5, 0.6) is 0 Å². The minimum absolute atomic E-state index is 0.0345. The summed E-state index contributed by atoms with van der Waals surface area (Å²) in [6.07, 6.45) is 3.75. The molecular weight excluding hydrogens is 413 g/mol. The van der Waals surface area contributed by atoms with Crippen molar-refractivity contribution in [3.8, 4) is 0 Å². The first-order valence-electron chi connectivity index (χ1n) is 10.7. The highest BCUT2D eigenvalue weighted by Crippen LogP contribution is 2.33. The van der Waals surface area contributed by atoms with E-state index in [9.17, 15) is 14.3 Å². The number of hydrogen-bond acceptors (Lipinski definition) is 6. The Balaban J connectivity index is 1.44. The van der Waals surface area contributed by atoms with Crippen LogP contribution in [0, 0.1) is 18.7 Å². The van der Waals surface area contributed by atoms with E-state index in [1.807, 2.05) is 32.6 Å². The number of nitrogens with zero attached hydrogens (tertiary/aromatic N) is 3. The first-order chi connectivity index (χ1) is 15.2. The van der Waals surface area contributed by atoms with Gasteiger partial charge in [-0.2, -0.15) is 0 Å². The normalized spacial score (nSPS) is 16.2. The molecule has 2 aromatic heterocycles. The molecule has 0 aliphatic carbocycles. The summed E-state index contributed by atoms with van der Waals surface area (Å²) in [5.41, 5.74) is 1.15. The first-order valence-corrected chi connectivity index (χ1v) is 10.7. The molecule has 1 aliphatic rings. The summed E-state index contributed by atoms with van der Waals surface area (Å²) in [5, 5.41) is 16.5. The van der Waals surface area contributed by atoms with Crippen molar-refractivity contribution in [1.29, 1.82) is 0 Å². The molecule has 1 fully saturated rings. The van der Waals surface area contributed by atoms with Gasteiger partial charge in [-0.3, -0.25) is 0 Å². The van der Waals surface area contributed by atoms with Crippen LogP contribution in [0.25, 0.3) is 11.0 Å². The Morgan fingerprint density at radius 1 is 1.31 bits per heavy atom. The quantitative estimate of drug-likeness (QED) is 0.531. The van der Waals surface area contributed by atoms with E-state index in [1.54, 1.807) is 6.07 Å². The van der Waals surface area contributed by atoms with Crippen LogP contribution in [-0.4, -0.2) is 39.8 Å². The third kappa shape index (κ3) is 4.25. The van der Waals surface area contributed by atoms with E-state index in [0.717, 1.165) is 5.56 Å². The van der Waals surface area contributed by atoms with Crippen molar-refractivity contribution in [3.63, 3.8) is 0 Å². The Morgan fingerprint density at radius 3 is 2.62 bits per heavy atom. The van der Waals surface area contributed by atoms with Gasteiger partial charge in [0.1, 0.15) is 17.2 Å². The summed E-state index contributed by atoms with van der Waals surface area (Å²) in [5.74, 6) is 0.816. The van der Waals surface area contributed by atoms with Crippen LogP contribution in [0.15, 0.2) is 35.0 Å². The number of carbonyl (C=O) groups is 1. The van der Waals surface area contributed by atoms with E-state index in [0.29, 0.717) is 47.9 Å². The summed E-state index contributed by atoms with van der Waals surface area (Å²) < 4.78 is 19.6. The number of benzene rings is 1. The molecule has 0 unspecified atom stereocenters. The highest BCUT2D eigenvalue weighted by Gasteiger charge is 2.40. The maximum absolute atomic E-state index is 13.7. The minimum Gasteiger partial charge on any atom is -0.459 e. The second-order valence-corrected chi connectivity index (χ2v) is 8.76. The minimum atomic E-state index is -0.674. The van der Waals surface area contributed by atoms with Crippen LogP contribution >= 0.6 is 0 Å². The summed E-state index contributed by atoms with van der Waals surface area (Å²) in [6, 6.07) is 3.56. The van der Waals surface area contributed by atoms with Crippen LogP contribution in [0.4, 0.5) is 20.8 Å². The van der Waals surface area contributed by atoms with Gasteiger partial charge in [0.2, 0.25) is 5.95 Å². The Kier molecular flexibility index (Phi) is 5.77. The second kappa shape index (κ2) is 8.38. The summed E-state index contributed by atoms with van der Waals surface area (Å²) in [6.45, 7) is 8.74. The van der Waals surface area contributed by atoms with Crippen molar-refractivity contribution in [2.45, 2.75) is 45.8 Å². The zero-order chi connectivity index (χ0) is 23.0. The number of anilines is 2. The highest BCUT2D eigenvalue weighted by atomic mass is 19.1. The molecular formula is C23H28FN5O3. The van der Waals surface area contributed by atoms with Crippen molar-refractivity contribution in [1.82, 2.24) is 15.3 Å². The van der Waals surface area contributed by atoms with Crippen LogP contribution in [0.3, 0.4) is 0 Å². The molecule has 0 spiro atoms. The van der Waals surface area contributed by atoms with E-state index in [4.69, 9.17) is 4.42 Å². The molecule has 32 heavy (non-hydrogen) atoms. The number of aryl methyl sites for hydroxylation is 1. The zero-order valence-electron chi connectivity index (χ0n) is 18.6. The molecule has 2 amide bonds. The van der Waals surface area contributed by atoms with E-state index >= 15 is 0 Å². The lowest BCUT2D eigenvalue weighted by atomic mass is 9.92. The lowest BCUT2D eigenvalue weighted by Crippen LogP contribution is -2.62. The Labute approximate surface area is 185 Å². The fourth-order valence-electron chi connectivity index (χ4n) is 3.93. The molecule has 1 aromatic carbocycles. The molecule has 9 heteroatoms. The smallest absolute Gasteiger partial charge is 0.319 e. The van der Waals surface area contributed by atoms with Gasteiger partial charge in [-0.1, -0.05) is 20.8 Å². The van der Waals surface area contributed by atoms with Crippen LogP contribution in [0.2, 0.25) is 0 Å². The second-order valence-electron chi connectivity index (χ2n) is 8.76. The molecule has 0 bridgehead atoms. The molecule has 0 radical (unpaired) electrons. The standard InChI is InChI=1S/C23H28FN5O3/c1-5-23(31)11-29(12-23)21-25-9-16(10-26-21)27-22(30)28-19(13(2)3)20-14(4)17-8-15(24)6-7-18(17)32-20/h6-10,13,19,31H,5,11-12H2,1-4H3,(H2,27,28,30)/t19-/m0/s1. The third-order valence-electron chi connectivity index (χ3n) is 5.98. The molecule has 3 aromatic rings. The number of halogens is 1. The SMILES string of the molecule is CCC1(O)CN(c2ncc(NC(=O)N[C@H](c3oc4ccc(F)cc4c3C)C(C)C)cn2)C1. The van der Waals surface area contributed by atoms with Gasteiger partial charge in [-0.05, 0) is 37.5 Å². The van der Waals surface area contributed by atoms with Gasteiger partial charge in [-0.15, -0.1) is 0 Å². The topological polar surface area (TPSA) is 104 Å². The van der Waals surface area contributed by atoms with Crippen LogP contribution in [-0.2, 0) is 0 Å². The van der Waals surface area contributed by atoms with Crippen LogP contribution in [0.1, 0.15) is 44.6 Å². The van der Waals surface area contributed by atoms with Crippen molar-refractivity contribution >= 4 is 28.6 Å². The molecule has 4 rings (SSSR count). The fourth-order valence-corrected chi connectivity index (χ4v) is 3.93. The number of rotatable bonds is 6. The number of fused-ring (bicyclic) bond motifs is 1. The summed E-state index contributed by atoms with van der Waals surface area (Å²) in [7, 11) is 0. The predicted octanol–water partition coefficient (Wildman–Crippen LogP) is 4.15. The molecule has 1 saturated heterocycles. The number of hydrogen-bond donors (Lipinski definition) is 3. The monoisotopic (exact) mass is 441 g/mol. The van der Waals surface area contributed by atoms with Crippen molar-refractivity contribution < 1.29 is 18.7 Å². The lowest BCUT2D eigenvalue weighted by Gasteiger charge is -2.45.